The van der Waals surface area contributed by atoms with Crippen LogP contribution in [0, 0.1) is 12.8 Å². The predicted octanol–water partition coefficient (Wildman–Crippen LogP) is 3.29. The monoisotopic (exact) mass is 396 g/mol. The number of anilines is 1. The molecule has 1 aromatic heterocycles. The molecule has 0 unspecified atom stereocenters. The van der Waals surface area contributed by atoms with Crippen molar-refractivity contribution in [3.05, 3.63) is 45.5 Å². The maximum Gasteiger partial charge on any atom is 0.433 e. The van der Waals surface area contributed by atoms with Crippen LogP contribution >= 0.6 is 0 Å². The van der Waals surface area contributed by atoms with E-state index in [4.69, 9.17) is 5.73 Å². The maximum atomic E-state index is 13.1. The highest BCUT2D eigenvalue weighted by atomic mass is 19.4. The largest absolute Gasteiger partial charge is 0.433 e. The first-order chi connectivity index (χ1) is 12.5. The van der Waals surface area contributed by atoms with Gasteiger partial charge in [-0.15, -0.1) is 12.8 Å². The topological polar surface area (TPSA) is 72.9 Å². The molecule has 150 valence electrons. The second-order valence-electron chi connectivity index (χ2n) is 4.72. The summed E-state index contributed by atoms with van der Waals surface area (Å²) in [5.74, 6) is -0.650. The van der Waals surface area contributed by atoms with E-state index in [-0.39, 0.29) is 12.6 Å². The van der Waals surface area contributed by atoms with Crippen LogP contribution in [-0.2, 0) is 12.7 Å². The number of aromatic nitrogens is 2. The van der Waals surface area contributed by atoms with Gasteiger partial charge in [0, 0.05) is 24.9 Å². The number of hydrogen-bond donors (Lipinski definition) is 2. The molecule has 0 bridgehead atoms. The molecule has 0 spiro atoms. The lowest BCUT2D eigenvalue weighted by atomic mass is 10.1. The van der Waals surface area contributed by atoms with E-state index in [1.54, 1.807) is 0 Å². The van der Waals surface area contributed by atoms with Gasteiger partial charge in [0.1, 0.15) is 0 Å². The van der Waals surface area contributed by atoms with Crippen LogP contribution in [0.15, 0.2) is 34.3 Å². The minimum Gasteiger partial charge on any atom is -0.327 e. The minimum atomic E-state index is -4.92. The van der Waals surface area contributed by atoms with Crippen LogP contribution in [0.4, 0.5) is 32.3 Å². The van der Waals surface area contributed by atoms with Gasteiger partial charge in [0.05, 0.1) is 5.57 Å². The summed E-state index contributed by atoms with van der Waals surface area (Å²) in [5.41, 5.74) is 0.839. The number of allylic oxidation sites excluding steroid dienone is 2. The van der Waals surface area contributed by atoms with Crippen molar-refractivity contribution in [3.8, 4) is 12.8 Å². The van der Waals surface area contributed by atoms with Crippen LogP contribution in [0.25, 0.3) is 0 Å². The normalized spacial score (nSPS) is 13.0. The maximum absolute atomic E-state index is 13.1. The molecule has 0 aromatic carbocycles. The molecule has 0 saturated carbocycles. The Bertz CT molecular complexity index is 772. The first-order valence-electron chi connectivity index (χ1n) is 7.39. The summed E-state index contributed by atoms with van der Waals surface area (Å²) in [6.45, 7) is 2.16. The molecular formula is C16H18F6N4O. The van der Waals surface area contributed by atoms with E-state index in [2.05, 4.69) is 23.1 Å². The lowest BCUT2D eigenvalue weighted by Crippen LogP contribution is -2.28. The number of hydrogen-bond acceptors (Lipinski definition) is 4. The molecule has 0 amide bonds. The molecular weight excluding hydrogens is 378 g/mol. The summed E-state index contributed by atoms with van der Waals surface area (Å²) in [4.78, 5) is 15.1. The van der Waals surface area contributed by atoms with Gasteiger partial charge in [0.25, 0.3) is 5.56 Å². The Morgan fingerprint density at radius 2 is 1.85 bits per heavy atom. The molecule has 0 atom stereocenters. The van der Waals surface area contributed by atoms with Crippen molar-refractivity contribution in [3.63, 3.8) is 0 Å². The lowest BCUT2D eigenvalue weighted by Gasteiger charge is -2.19. The van der Waals surface area contributed by atoms with Gasteiger partial charge in [-0.1, -0.05) is 12.2 Å². The van der Waals surface area contributed by atoms with Crippen LogP contribution in [0.3, 0.4) is 0 Å². The Morgan fingerprint density at radius 3 is 2.22 bits per heavy atom. The van der Waals surface area contributed by atoms with Gasteiger partial charge in [0.2, 0.25) is 5.95 Å². The van der Waals surface area contributed by atoms with E-state index in [0.29, 0.717) is 6.08 Å². The highest BCUT2D eigenvalue weighted by Crippen LogP contribution is 2.32. The number of nitrogens with one attached hydrogen (secondary N) is 1. The minimum absolute atomic E-state index is 0.0920. The number of alkyl halides is 6. The second kappa shape index (κ2) is 9.82. The predicted molar refractivity (Wildman–Crippen MR) is 89.6 cm³/mol. The standard InChI is InChI=1S/C14H16F6N4O.C2H2/c1-3-9(8(5-6-21)13(15,16)17)22-12-23-10(14(18,19)20)7-11(25)24(12)4-2;1-2/h3,5,7H,4,6,21H2,1-2H3,(H,22,23);1-2H/b8-5+,9-3+;. The molecule has 3 N–H and O–H groups in total. The average Bonchev–Trinajstić information content (AvgIpc) is 2.57. The molecule has 0 aliphatic heterocycles. The van der Waals surface area contributed by atoms with Crippen molar-refractivity contribution in [1.82, 2.24) is 9.55 Å². The molecule has 0 aliphatic rings. The zero-order chi connectivity index (χ0) is 21.4. The van der Waals surface area contributed by atoms with E-state index in [1.807, 2.05) is 0 Å². The Hall–Kier alpha value is -2.74. The number of rotatable bonds is 5. The molecule has 1 rings (SSSR count). The fourth-order valence-electron chi connectivity index (χ4n) is 1.96. The molecule has 1 heterocycles. The molecule has 0 fully saturated rings. The third-order valence-corrected chi connectivity index (χ3v) is 3.07. The quantitative estimate of drug-likeness (QED) is 0.455. The highest BCUT2D eigenvalue weighted by molar-refractivity contribution is 5.48. The Kier molecular flexibility index (Phi) is 8.82. The van der Waals surface area contributed by atoms with Crippen LogP contribution in [-0.4, -0.2) is 22.3 Å². The lowest BCUT2D eigenvalue weighted by molar-refractivity contribution is -0.141. The van der Waals surface area contributed by atoms with E-state index in [0.717, 1.165) is 10.6 Å². The van der Waals surface area contributed by atoms with Crippen LogP contribution in [0.1, 0.15) is 19.5 Å². The zero-order valence-electron chi connectivity index (χ0n) is 14.4. The molecule has 0 radical (unpaired) electrons. The number of nitrogens with two attached hydrogens (primary N) is 1. The van der Waals surface area contributed by atoms with Crippen molar-refractivity contribution in [1.29, 1.82) is 0 Å². The fraction of sp³-hybridized carbons (Fsp3) is 0.375. The summed E-state index contributed by atoms with van der Waals surface area (Å²) in [5, 5.41) is 2.16. The Labute approximate surface area is 151 Å². The first-order valence-corrected chi connectivity index (χ1v) is 7.39. The van der Waals surface area contributed by atoms with E-state index < -0.39 is 47.4 Å². The second-order valence-corrected chi connectivity index (χ2v) is 4.72. The smallest absolute Gasteiger partial charge is 0.327 e. The molecule has 27 heavy (non-hydrogen) atoms. The van der Waals surface area contributed by atoms with Crippen molar-refractivity contribution in [2.45, 2.75) is 32.7 Å². The van der Waals surface area contributed by atoms with E-state index in [9.17, 15) is 31.1 Å². The third kappa shape index (κ3) is 6.49. The van der Waals surface area contributed by atoms with E-state index >= 15 is 0 Å². The molecule has 0 saturated heterocycles. The number of halogens is 6. The molecule has 11 heteroatoms. The molecule has 1 aromatic rings. The third-order valence-electron chi connectivity index (χ3n) is 3.07. The average molecular weight is 396 g/mol. The van der Waals surface area contributed by atoms with Gasteiger partial charge < -0.3 is 11.1 Å². The summed E-state index contributed by atoms with van der Waals surface area (Å²) in [7, 11) is 0. The fourth-order valence-corrected chi connectivity index (χ4v) is 1.96. The highest BCUT2D eigenvalue weighted by Gasteiger charge is 2.37. The Balaban J connectivity index is 0.00000326. The van der Waals surface area contributed by atoms with E-state index in [1.165, 1.54) is 13.8 Å². The molecule has 5 nitrogen and oxygen atoms in total. The van der Waals surface area contributed by atoms with Gasteiger partial charge in [0.15, 0.2) is 5.69 Å². The summed E-state index contributed by atoms with van der Waals surface area (Å²) >= 11 is 0. The first kappa shape index (κ1) is 24.3. The summed E-state index contributed by atoms with van der Waals surface area (Å²) in [6.07, 6.45) is -0.0442. The van der Waals surface area contributed by atoms with Crippen molar-refractivity contribution < 1.29 is 26.3 Å². The van der Waals surface area contributed by atoms with Gasteiger partial charge in [-0.25, -0.2) is 4.98 Å². The van der Waals surface area contributed by atoms with Gasteiger partial charge in [-0.3, -0.25) is 9.36 Å². The summed E-state index contributed by atoms with van der Waals surface area (Å²) in [6, 6.07) is 0.282. The van der Waals surface area contributed by atoms with Crippen molar-refractivity contribution >= 4 is 5.95 Å². The van der Waals surface area contributed by atoms with Gasteiger partial charge in [-0.2, -0.15) is 26.3 Å². The zero-order valence-corrected chi connectivity index (χ0v) is 14.4. The van der Waals surface area contributed by atoms with Crippen LogP contribution in [0.2, 0.25) is 0 Å². The summed E-state index contributed by atoms with van der Waals surface area (Å²) < 4.78 is 78.5. The van der Waals surface area contributed by atoms with Crippen LogP contribution < -0.4 is 16.6 Å². The number of terminal acetylenes is 1. The van der Waals surface area contributed by atoms with Crippen LogP contribution in [0.5, 0.6) is 0 Å². The van der Waals surface area contributed by atoms with Crippen molar-refractivity contribution in [2.24, 2.45) is 5.73 Å². The van der Waals surface area contributed by atoms with Crippen molar-refractivity contribution in [2.75, 3.05) is 11.9 Å². The molecule has 0 aliphatic carbocycles. The number of nitrogens with zero attached hydrogens (tertiary/aromatic N) is 2. The Morgan fingerprint density at radius 1 is 1.30 bits per heavy atom. The SMILES string of the molecule is C#C.C/C=C(Nc1nc(C(F)(F)F)cc(=O)n1CC)\C(=C/CN)C(F)(F)F. The van der Waals surface area contributed by atoms with Gasteiger partial charge in [-0.05, 0) is 13.8 Å². The van der Waals surface area contributed by atoms with Gasteiger partial charge >= 0.3 is 12.4 Å².